The zero-order valence-electron chi connectivity index (χ0n) is 10.3. The van der Waals surface area contributed by atoms with E-state index in [1.165, 1.54) is 83.7 Å². The van der Waals surface area contributed by atoms with E-state index in [1.54, 1.807) is 0 Å². The molecule has 0 bridgehead atoms. The van der Waals surface area contributed by atoms with Gasteiger partial charge in [0.25, 0.3) is 0 Å². The second kappa shape index (κ2) is 10.5. The summed E-state index contributed by atoms with van der Waals surface area (Å²) >= 11 is 0. The van der Waals surface area contributed by atoms with Gasteiger partial charge in [0.05, 0.1) is 0 Å². The third kappa shape index (κ3) is 8.92. The van der Waals surface area contributed by atoms with Crippen LogP contribution in [0.25, 0.3) is 0 Å². The summed E-state index contributed by atoms with van der Waals surface area (Å²) in [5.74, 6) is 0. The fourth-order valence-electron chi connectivity index (χ4n) is 2.25. The van der Waals surface area contributed by atoms with Crippen molar-refractivity contribution in [2.24, 2.45) is 0 Å². The third-order valence-corrected chi connectivity index (χ3v) is 3.29. The first-order valence-corrected chi connectivity index (χ1v) is 7.02. The van der Waals surface area contributed by atoms with Gasteiger partial charge in [0, 0.05) is 0 Å². The Morgan fingerprint density at radius 3 is 1.87 bits per heavy atom. The molecule has 0 saturated carbocycles. The molecule has 1 heteroatoms. The predicted octanol–water partition coefficient (Wildman–Crippen LogP) is 4.08. The van der Waals surface area contributed by atoms with Crippen molar-refractivity contribution >= 4 is 0 Å². The van der Waals surface area contributed by atoms with Crippen LogP contribution in [0.1, 0.15) is 70.6 Å². The van der Waals surface area contributed by atoms with E-state index in [0.717, 1.165) is 0 Å². The summed E-state index contributed by atoms with van der Waals surface area (Å²) in [6.45, 7) is 2.42. The Hall–Kier alpha value is -0.0400. The van der Waals surface area contributed by atoms with Crippen LogP contribution >= 0.6 is 0 Å². The summed E-state index contributed by atoms with van der Waals surface area (Å²) < 4.78 is 0. The van der Waals surface area contributed by atoms with Crippen LogP contribution < -0.4 is 5.32 Å². The minimum absolute atomic E-state index is 1.19. The van der Waals surface area contributed by atoms with Crippen LogP contribution in [-0.2, 0) is 0 Å². The van der Waals surface area contributed by atoms with Crippen LogP contribution in [-0.4, -0.2) is 13.1 Å². The van der Waals surface area contributed by atoms with E-state index in [0.29, 0.717) is 0 Å². The van der Waals surface area contributed by atoms with Crippen LogP contribution in [0.3, 0.4) is 0 Å². The Balaban J connectivity index is 2.01. The molecular formula is C14H28N. The molecule has 0 unspecified atom stereocenters. The zero-order chi connectivity index (χ0) is 10.6. The van der Waals surface area contributed by atoms with Crippen molar-refractivity contribution in [1.82, 2.24) is 5.32 Å². The summed E-state index contributed by atoms with van der Waals surface area (Å²) in [6, 6.07) is 0. The lowest BCUT2D eigenvalue weighted by Gasteiger charge is -2.03. The van der Waals surface area contributed by atoms with Gasteiger partial charge in [-0.05, 0) is 32.4 Å². The second-order valence-electron chi connectivity index (χ2n) is 4.80. The SMILES string of the molecule is [CH]1CCCCCCCCCCCNCC1. The highest BCUT2D eigenvalue weighted by Crippen LogP contribution is 2.11. The lowest BCUT2D eigenvalue weighted by molar-refractivity contribution is 0.552. The maximum Gasteiger partial charge on any atom is -0.00462 e. The molecule has 1 radical (unpaired) electrons. The molecule has 1 heterocycles. The van der Waals surface area contributed by atoms with Crippen molar-refractivity contribution in [3.8, 4) is 0 Å². The highest BCUT2D eigenvalue weighted by molar-refractivity contribution is 4.66. The Morgan fingerprint density at radius 2 is 1.13 bits per heavy atom. The van der Waals surface area contributed by atoms with Gasteiger partial charge in [0.2, 0.25) is 0 Å². The Bertz CT molecular complexity index is 63.9. The molecule has 0 aliphatic carbocycles. The number of hydrogen-bond acceptors (Lipinski definition) is 1. The quantitative estimate of drug-likeness (QED) is 0.635. The van der Waals surface area contributed by atoms with Crippen LogP contribution in [0, 0.1) is 6.42 Å². The maximum absolute atomic E-state index is 3.52. The molecule has 0 aromatic heterocycles. The molecule has 1 aliphatic heterocycles. The van der Waals surface area contributed by atoms with E-state index in [4.69, 9.17) is 0 Å². The van der Waals surface area contributed by atoms with Crippen molar-refractivity contribution in [2.75, 3.05) is 13.1 Å². The first-order chi connectivity index (χ1) is 7.50. The predicted molar refractivity (Wildman–Crippen MR) is 68.0 cm³/mol. The number of hydrogen-bond donors (Lipinski definition) is 1. The Labute approximate surface area is 96.0 Å². The first-order valence-electron chi connectivity index (χ1n) is 7.02. The van der Waals surface area contributed by atoms with Crippen molar-refractivity contribution in [3.05, 3.63) is 6.42 Å². The van der Waals surface area contributed by atoms with Gasteiger partial charge in [-0.2, -0.15) is 0 Å². The Kier molecular flexibility index (Phi) is 9.10. The fourth-order valence-corrected chi connectivity index (χ4v) is 2.25. The highest BCUT2D eigenvalue weighted by atomic mass is 14.8. The van der Waals surface area contributed by atoms with Crippen molar-refractivity contribution in [3.63, 3.8) is 0 Å². The highest BCUT2D eigenvalue weighted by Gasteiger charge is 1.95. The smallest absolute Gasteiger partial charge is 0.00462 e. The van der Waals surface area contributed by atoms with Crippen molar-refractivity contribution in [2.45, 2.75) is 70.6 Å². The van der Waals surface area contributed by atoms with Gasteiger partial charge in [0.1, 0.15) is 0 Å². The molecule has 0 amide bonds. The van der Waals surface area contributed by atoms with E-state index < -0.39 is 0 Å². The summed E-state index contributed by atoms with van der Waals surface area (Å²) in [4.78, 5) is 0. The Morgan fingerprint density at radius 1 is 0.533 bits per heavy atom. The van der Waals surface area contributed by atoms with Gasteiger partial charge < -0.3 is 5.32 Å². The molecule has 0 aromatic rings. The summed E-state index contributed by atoms with van der Waals surface area (Å²) in [5.41, 5.74) is 0. The molecule has 1 saturated heterocycles. The van der Waals surface area contributed by atoms with Gasteiger partial charge in [-0.15, -0.1) is 0 Å². The van der Waals surface area contributed by atoms with Crippen LogP contribution in [0.4, 0.5) is 0 Å². The monoisotopic (exact) mass is 210 g/mol. The molecule has 89 valence electrons. The molecule has 1 rings (SSSR count). The van der Waals surface area contributed by atoms with Gasteiger partial charge >= 0.3 is 0 Å². The zero-order valence-corrected chi connectivity index (χ0v) is 10.3. The van der Waals surface area contributed by atoms with Gasteiger partial charge in [-0.25, -0.2) is 0 Å². The fraction of sp³-hybridized carbons (Fsp3) is 0.929. The van der Waals surface area contributed by atoms with Crippen molar-refractivity contribution < 1.29 is 0 Å². The molecule has 1 nitrogen and oxygen atoms in total. The van der Waals surface area contributed by atoms with E-state index in [1.807, 2.05) is 0 Å². The first kappa shape index (κ1) is 13.0. The van der Waals surface area contributed by atoms with Gasteiger partial charge in [-0.3, -0.25) is 0 Å². The summed E-state index contributed by atoms with van der Waals surface area (Å²) in [6.07, 6.45) is 18.1. The lowest BCUT2D eigenvalue weighted by atomic mass is 10.1. The summed E-state index contributed by atoms with van der Waals surface area (Å²) in [5, 5.41) is 3.52. The molecule has 0 spiro atoms. The normalized spacial score (nSPS) is 24.0. The minimum atomic E-state index is 1.19. The lowest BCUT2D eigenvalue weighted by Crippen LogP contribution is -2.16. The van der Waals surface area contributed by atoms with E-state index in [9.17, 15) is 0 Å². The van der Waals surface area contributed by atoms with E-state index in [-0.39, 0.29) is 0 Å². The molecule has 0 atom stereocenters. The second-order valence-corrected chi connectivity index (χ2v) is 4.80. The molecule has 0 aromatic carbocycles. The number of rotatable bonds is 0. The average Bonchev–Trinajstić information content (AvgIpc) is 2.27. The van der Waals surface area contributed by atoms with Gasteiger partial charge in [0.15, 0.2) is 0 Å². The molecule has 1 aliphatic rings. The van der Waals surface area contributed by atoms with Crippen LogP contribution in [0.15, 0.2) is 0 Å². The molecular weight excluding hydrogens is 182 g/mol. The maximum atomic E-state index is 3.52. The molecule has 1 N–H and O–H groups in total. The average molecular weight is 210 g/mol. The van der Waals surface area contributed by atoms with Gasteiger partial charge in [-0.1, -0.05) is 57.8 Å². The molecule has 1 fully saturated rings. The van der Waals surface area contributed by atoms with Crippen LogP contribution in [0.2, 0.25) is 0 Å². The van der Waals surface area contributed by atoms with Crippen LogP contribution in [0.5, 0.6) is 0 Å². The third-order valence-electron chi connectivity index (χ3n) is 3.29. The largest absolute Gasteiger partial charge is 0.317 e. The molecule has 15 heavy (non-hydrogen) atoms. The standard InChI is InChI=1S/C14H28N/c1-2-4-6-8-10-12-14-15-13-11-9-7-5-3-1/h9,15H,1-8,10-14H2. The number of nitrogens with one attached hydrogen (secondary N) is 1. The van der Waals surface area contributed by atoms with E-state index in [2.05, 4.69) is 11.7 Å². The summed E-state index contributed by atoms with van der Waals surface area (Å²) in [7, 11) is 0. The van der Waals surface area contributed by atoms with E-state index >= 15 is 0 Å². The minimum Gasteiger partial charge on any atom is -0.317 e. The topological polar surface area (TPSA) is 12.0 Å². The van der Waals surface area contributed by atoms with Crippen molar-refractivity contribution in [1.29, 1.82) is 0 Å².